The summed E-state index contributed by atoms with van der Waals surface area (Å²) in [5.41, 5.74) is 2.01. The van der Waals surface area contributed by atoms with E-state index in [9.17, 15) is 9.59 Å². The Morgan fingerprint density at radius 1 is 1.07 bits per heavy atom. The van der Waals surface area contributed by atoms with Crippen LogP contribution in [0.2, 0.25) is 0 Å². The van der Waals surface area contributed by atoms with Crippen molar-refractivity contribution in [3.05, 3.63) is 77.5 Å². The number of ether oxygens (including phenoxy) is 2. The highest BCUT2D eigenvalue weighted by Gasteiger charge is 2.28. The number of aromatic nitrogens is 2. The number of fused-ring (bicyclic) bond motifs is 1. The van der Waals surface area contributed by atoms with Gasteiger partial charge in [0, 0.05) is 37.3 Å². The summed E-state index contributed by atoms with van der Waals surface area (Å²) in [4.78, 5) is 39.8. The molecule has 1 unspecified atom stereocenters. The van der Waals surface area contributed by atoms with Crippen molar-refractivity contribution in [2.45, 2.75) is 78.5 Å². The van der Waals surface area contributed by atoms with E-state index in [0.29, 0.717) is 23.9 Å². The van der Waals surface area contributed by atoms with Gasteiger partial charge in [0.25, 0.3) is 5.91 Å². The third-order valence-electron chi connectivity index (χ3n) is 7.18. The highest BCUT2D eigenvalue weighted by atomic mass is 16.6. The Morgan fingerprint density at radius 2 is 1.83 bits per heavy atom. The van der Waals surface area contributed by atoms with Crippen molar-refractivity contribution in [3.63, 3.8) is 0 Å². The SMILES string of the molecule is CCCC(C)N(CCN(C(=O)c1ccc2c(c1)CCO2)c1ccnc(N[C@@H](C)c2ccccc2)n1)C(=O)OC(C)(C)C. The van der Waals surface area contributed by atoms with Crippen LogP contribution >= 0.6 is 0 Å². The summed E-state index contributed by atoms with van der Waals surface area (Å²) in [5, 5.41) is 3.35. The first kappa shape index (κ1) is 30.8. The predicted molar refractivity (Wildman–Crippen MR) is 165 cm³/mol. The number of nitrogens with one attached hydrogen (secondary N) is 1. The predicted octanol–water partition coefficient (Wildman–Crippen LogP) is 6.66. The van der Waals surface area contributed by atoms with Crippen molar-refractivity contribution in [2.75, 3.05) is 29.9 Å². The number of carbonyl (C=O) groups excluding carboxylic acids is 2. The van der Waals surface area contributed by atoms with E-state index in [1.54, 1.807) is 28.1 Å². The summed E-state index contributed by atoms with van der Waals surface area (Å²) in [5.74, 6) is 1.46. The fourth-order valence-electron chi connectivity index (χ4n) is 4.98. The minimum Gasteiger partial charge on any atom is -0.493 e. The Bertz CT molecular complexity index is 1360. The number of hydrogen-bond donors (Lipinski definition) is 1. The normalized spacial score (nSPS) is 13.9. The van der Waals surface area contributed by atoms with E-state index >= 15 is 0 Å². The van der Waals surface area contributed by atoms with Crippen molar-refractivity contribution in [1.29, 1.82) is 0 Å². The number of anilines is 2. The Labute approximate surface area is 249 Å². The van der Waals surface area contributed by atoms with Crippen LogP contribution in [-0.4, -0.2) is 58.2 Å². The van der Waals surface area contributed by atoms with Crippen molar-refractivity contribution in [1.82, 2.24) is 14.9 Å². The second kappa shape index (κ2) is 13.7. The molecule has 1 N–H and O–H groups in total. The second-order valence-electron chi connectivity index (χ2n) is 11.7. The fraction of sp³-hybridized carbons (Fsp3) is 0.455. The first-order valence-corrected chi connectivity index (χ1v) is 14.8. The van der Waals surface area contributed by atoms with Crippen LogP contribution < -0.4 is 15.0 Å². The molecule has 0 bridgehead atoms. The lowest BCUT2D eigenvalue weighted by molar-refractivity contribution is 0.0173. The minimum atomic E-state index is -0.633. The van der Waals surface area contributed by atoms with E-state index in [2.05, 4.69) is 17.2 Å². The highest BCUT2D eigenvalue weighted by molar-refractivity contribution is 6.06. The van der Waals surface area contributed by atoms with Gasteiger partial charge in [-0.25, -0.2) is 9.78 Å². The molecule has 9 nitrogen and oxygen atoms in total. The number of benzene rings is 2. The zero-order valence-corrected chi connectivity index (χ0v) is 25.6. The van der Waals surface area contributed by atoms with Crippen LogP contribution in [0.25, 0.3) is 0 Å². The molecule has 1 aliphatic rings. The van der Waals surface area contributed by atoms with Crippen LogP contribution in [0.4, 0.5) is 16.6 Å². The first-order chi connectivity index (χ1) is 20.1. The van der Waals surface area contributed by atoms with E-state index < -0.39 is 11.7 Å². The molecular weight excluding hydrogens is 530 g/mol. The number of rotatable bonds is 11. The van der Waals surface area contributed by atoms with Crippen LogP contribution in [-0.2, 0) is 11.2 Å². The molecule has 0 fully saturated rings. The molecule has 9 heteroatoms. The summed E-state index contributed by atoms with van der Waals surface area (Å²) >= 11 is 0. The summed E-state index contributed by atoms with van der Waals surface area (Å²) in [6.45, 7) is 12.8. The lowest BCUT2D eigenvalue weighted by Gasteiger charge is -2.33. The van der Waals surface area contributed by atoms with Gasteiger partial charge in [0.2, 0.25) is 5.95 Å². The van der Waals surface area contributed by atoms with Crippen molar-refractivity contribution in [2.24, 2.45) is 0 Å². The van der Waals surface area contributed by atoms with Gasteiger partial charge < -0.3 is 19.7 Å². The summed E-state index contributed by atoms with van der Waals surface area (Å²) in [6, 6.07) is 17.2. The molecule has 4 rings (SSSR count). The number of amides is 2. The minimum absolute atomic E-state index is 0.0418. The van der Waals surface area contributed by atoms with Gasteiger partial charge in [-0.05, 0) is 76.4 Å². The Kier molecular flexibility index (Phi) is 10.0. The fourth-order valence-corrected chi connectivity index (χ4v) is 4.98. The highest BCUT2D eigenvalue weighted by Crippen LogP contribution is 2.28. The summed E-state index contributed by atoms with van der Waals surface area (Å²) in [6.07, 6.45) is 3.74. The maximum Gasteiger partial charge on any atom is 0.410 e. The zero-order valence-electron chi connectivity index (χ0n) is 25.6. The molecule has 2 heterocycles. The molecule has 224 valence electrons. The molecule has 42 heavy (non-hydrogen) atoms. The van der Waals surface area contributed by atoms with Crippen molar-refractivity contribution >= 4 is 23.8 Å². The zero-order chi connectivity index (χ0) is 30.3. The Morgan fingerprint density at radius 3 is 2.55 bits per heavy atom. The van der Waals surface area contributed by atoms with Gasteiger partial charge in [0.05, 0.1) is 12.6 Å². The molecule has 2 amide bonds. The van der Waals surface area contributed by atoms with Gasteiger partial charge in [0.1, 0.15) is 17.2 Å². The summed E-state index contributed by atoms with van der Waals surface area (Å²) in [7, 11) is 0. The van der Waals surface area contributed by atoms with E-state index in [0.717, 1.165) is 36.1 Å². The van der Waals surface area contributed by atoms with Gasteiger partial charge in [-0.1, -0.05) is 43.7 Å². The second-order valence-corrected chi connectivity index (χ2v) is 11.7. The topological polar surface area (TPSA) is 96.9 Å². The van der Waals surface area contributed by atoms with Gasteiger partial charge >= 0.3 is 6.09 Å². The molecule has 0 spiro atoms. The maximum absolute atomic E-state index is 14.1. The maximum atomic E-state index is 14.1. The van der Waals surface area contributed by atoms with E-state index in [4.69, 9.17) is 14.5 Å². The summed E-state index contributed by atoms with van der Waals surface area (Å²) < 4.78 is 11.4. The largest absolute Gasteiger partial charge is 0.493 e. The van der Waals surface area contributed by atoms with Gasteiger partial charge in [-0.15, -0.1) is 0 Å². The average Bonchev–Trinajstić information content (AvgIpc) is 3.43. The Hall–Kier alpha value is -4.14. The van der Waals surface area contributed by atoms with Crippen LogP contribution in [0, 0.1) is 0 Å². The van der Waals surface area contributed by atoms with Gasteiger partial charge in [-0.3, -0.25) is 9.69 Å². The van der Waals surface area contributed by atoms with Crippen molar-refractivity contribution in [3.8, 4) is 5.75 Å². The molecule has 0 radical (unpaired) electrons. The third-order valence-corrected chi connectivity index (χ3v) is 7.18. The van der Waals surface area contributed by atoms with Gasteiger partial charge in [0.15, 0.2) is 0 Å². The number of nitrogens with zero attached hydrogens (tertiary/aromatic N) is 4. The lowest BCUT2D eigenvalue weighted by atomic mass is 10.1. The van der Waals surface area contributed by atoms with E-state index in [1.165, 1.54) is 0 Å². The molecule has 0 aliphatic carbocycles. The molecule has 1 aliphatic heterocycles. The number of hydrogen-bond acceptors (Lipinski definition) is 7. The molecule has 2 aromatic carbocycles. The van der Waals surface area contributed by atoms with Crippen LogP contribution in [0.1, 0.15) is 81.9 Å². The standard InChI is InChI=1S/C33H43N5O4/c1-7-11-23(2)37(32(40)42-33(4,5)6)19-20-38(30(39)27-14-15-28-26(22-27)17-21-41-28)29-16-18-34-31(36-29)35-24(3)25-12-9-8-10-13-25/h8-10,12-16,18,22-24H,7,11,17,19-21H2,1-6H3,(H,34,35,36)/t23?,24-/m0/s1. The molecule has 0 saturated carbocycles. The van der Waals surface area contributed by atoms with Crippen LogP contribution in [0.15, 0.2) is 60.8 Å². The quantitative estimate of drug-likeness (QED) is 0.274. The lowest BCUT2D eigenvalue weighted by Crippen LogP contribution is -2.47. The van der Waals surface area contributed by atoms with E-state index in [-0.39, 0.29) is 31.1 Å². The molecule has 0 saturated heterocycles. The van der Waals surface area contributed by atoms with Crippen LogP contribution in [0.5, 0.6) is 5.75 Å². The third kappa shape index (κ3) is 7.99. The van der Waals surface area contributed by atoms with Crippen molar-refractivity contribution < 1.29 is 19.1 Å². The van der Waals surface area contributed by atoms with Crippen LogP contribution in [0.3, 0.4) is 0 Å². The Balaban J connectivity index is 1.63. The van der Waals surface area contributed by atoms with E-state index in [1.807, 2.05) is 77.1 Å². The number of carbonyl (C=O) groups is 2. The first-order valence-electron chi connectivity index (χ1n) is 14.8. The monoisotopic (exact) mass is 573 g/mol. The smallest absolute Gasteiger partial charge is 0.410 e. The molecule has 1 aromatic heterocycles. The average molecular weight is 574 g/mol. The molecule has 3 aromatic rings. The molecule has 2 atom stereocenters. The molecular formula is C33H43N5O4. The van der Waals surface area contributed by atoms with Gasteiger partial charge in [-0.2, -0.15) is 4.98 Å².